The van der Waals surface area contributed by atoms with E-state index in [1.165, 1.54) is 21.0 Å². The lowest BCUT2D eigenvalue weighted by Gasteiger charge is -2.13. The summed E-state index contributed by atoms with van der Waals surface area (Å²) in [6.45, 7) is 0. The lowest BCUT2D eigenvalue weighted by atomic mass is 10.0. The van der Waals surface area contributed by atoms with Crippen LogP contribution in [0.3, 0.4) is 0 Å². The number of fused-ring (bicyclic) bond motifs is 4. The zero-order chi connectivity index (χ0) is 25.8. The summed E-state index contributed by atoms with van der Waals surface area (Å²) in [4.78, 5) is 14.2. The largest absolute Gasteiger partial charge is 0.309 e. The third kappa shape index (κ3) is 3.68. The second-order valence-electron chi connectivity index (χ2n) is 9.35. The van der Waals surface area contributed by atoms with Crippen molar-refractivity contribution in [3.05, 3.63) is 121 Å². The lowest BCUT2D eigenvalue weighted by Crippen LogP contribution is -1.96. The minimum absolute atomic E-state index is 0.931. The van der Waals surface area contributed by atoms with Gasteiger partial charge in [-0.05, 0) is 54.6 Å². The maximum Gasteiger partial charge on any atom is 0.124 e. The number of pyridine rings is 1. The van der Waals surface area contributed by atoms with Crippen molar-refractivity contribution in [2.75, 3.05) is 0 Å². The van der Waals surface area contributed by atoms with E-state index in [4.69, 9.17) is 9.97 Å². The highest BCUT2D eigenvalue weighted by Gasteiger charge is 2.17. The van der Waals surface area contributed by atoms with Gasteiger partial charge < -0.3 is 4.57 Å². The second-order valence-corrected chi connectivity index (χ2v) is 11.3. The lowest BCUT2D eigenvalue weighted by molar-refractivity contribution is 1.18. The van der Waals surface area contributed by atoms with Crippen LogP contribution in [0.25, 0.3) is 70.1 Å². The van der Waals surface area contributed by atoms with E-state index >= 15 is 0 Å². The standard InChI is InChI=1S/C33H20N4S2/c1-3-10-29-23(7-1)24-14-12-21(32-36-28-9-2-4-11-31(28)39-32)19-30(24)37(29)22-13-15-25(33-35-17-18-38-33)26(20-22)27-8-5-6-16-34-27/h1-20H. The van der Waals surface area contributed by atoms with Crippen LogP contribution >= 0.6 is 22.7 Å². The van der Waals surface area contributed by atoms with Gasteiger partial charge in [0, 0.05) is 50.9 Å². The summed E-state index contributed by atoms with van der Waals surface area (Å²) < 4.78 is 3.56. The second kappa shape index (κ2) is 8.98. The van der Waals surface area contributed by atoms with Crippen molar-refractivity contribution >= 4 is 54.7 Å². The first kappa shape index (κ1) is 22.3. The summed E-state index contributed by atoms with van der Waals surface area (Å²) in [6.07, 6.45) is 3.70. The van der Waals surface area contributed by atoms with E-state index in [0.29, 0.717) is 0 Å². The van der Waals surface area contributed by atoms with Gasteiger partial charge in [0.05, 0.1) is 26.9 Å². The Balaban J connectivity index is 1.39. The topological polar surface area (TPSA) is 43.6 Å². The zero-order valence-corrected chi connectivity index (χ0v) is 22.3. The molecule has 0 saturated heterocycles. The van der Waals surface area contributed by atoms with Crippen molar-refractivity contribution in [1.82, 2.24) is 19.5 Å². The Hall–Kier alpha value is -4.65. The number of benzene rings is 4. The molecule has 6 heteroatoms. The van der Waals surface area contributed by atoms with Gasteiger partial charge in [-0.25, -0.2) is 9.97 Å². The highest BCUT2D eigenvalue weighted by Crippen LogP contribution is 2.39. The summed E-state index contributed by atoms with van der Waals surface area (Å²) in [5, 5.41) is 6.48. The first-order valence-electron chi connectivity index (χ1n) is 12.7. The molecule has 4 nitrogen and oxygen atoms in total. The molecule has 0 aliphatic rings. The average molecular weight is 537 g/mol. The van der Waals surface area contributed by atoms with E-state index < -0.39 is 0 Å². The molecule has 184 valence electrons. The Bertz CT molecular complexity index is 2090. The minimum Gasteiger partial charge on any atom is -0.309 e. The van der Waals surface area contributed by atoms with Gasteiger partial charge in [0.15, 0.2) is 0 Å². The summed E-state index contributed by atoms with van der Waals surface area (Å²) in [6, 6.07) is 36.3. The SMILES string of the molecule is c1ccc(-c2cc(-n3c4ccccc4c4ccc(-c5nc6ccccc6s5)cc43)ccc2-c2nccs2)nc1. The molecule has 8 aromatic rings. The Labute approximate surface area is 232 Å². The predicted octanol–water partition coefficient (Wildman–Crippen LogP) is 9.25. The van der Waals surface area contributed by atoms with Crippen molar-refractivity contribution < 1.29 is 0 Å². The first-order chi connectivity index (χ1) is 19.3. The van der Waals surface area contributed by atoms with E-state index in [1.54, 1.807) is 22.7 Å². The number of para-hydroxylation sites is 2. The molecule has 0 aliphatic heterocycles. The fourth-order valence-corrected chi connectivity index (χ4v) is 6.96. The molecule has 0 spiro atoms. The van der Waals surface area contributed by atoms with Gasteiger partial charge in [0.1, 0.15) is 10.0 Å². The molecule has 0 fully saturated rings. The molecule has 4 heterocycles. The molecule has 39 heavy (non-hydrogen) atoms. The van der Waals surface area contributed by atoms with Crippen LogP contribution in [0.2, 0.25) is 0 Å². The number of hydrogen-bond acceptors (Lipinski definition) is 5. The summed E-state index contributed by atoms with van der Waals surface area (Å²) in [7, 11) is 0. The molecule has 0 N–H and O–H groups in total. The van der Waals surface area contributed by atoms with Crippen LogP contribution in [0, 0.1) is 0 Å². The molecule has 0 aliphatic carbocycles. The van der Waals surface area contributed by atoms with Crippen LogP contribution < -0.4 is 0 Å². The zero-order valence-electron chi connectivity index (χ0n) is 20.7. The Morgan fingerprint density at radius 1 is 0.615 bits per heavy atom. The van der Waals surface area contributed by atoms with Crippen molar-refractivity contribution in [3.63, 3.8) is 0 Å². The Kier molecular flexibility index (Phi) is 5.14. The monoisotopic (exact) mass is 536 g/mol. The van der Waals surface area contributed by atoms with Crippen LogP contribution in [0.1, 0.15) is 0 Å². The predicted molar refractivity (Wildman–Crippen MR) is 164 cm³/mol. The van der Waals surface area contributed by atoms with Gasteiger partial charge in [-0.1, -0.05) is 48.5 Å². The molecule has 4 aromatic carbocycles. The fourth-order valence-electron chi connectivity index (χ4n) is 5.33. The number of aromatic nitrogens is 4. The minimum atomic E-state index is 0.931. The van der Waals surface area contributed by atoms with Crippen molar-refractivity contribution in [2.24, 2.45) is 0 Å². The molecule has 0 radical (unpaired) electrons. The van der Waals surface area contributed by atoms with Crippen molar-refractivity contribution in [3.8, 4) is 38.1 Å². The van der Waals surface area contributed by atoms with Gasteiger partial charge in [-0.3, -0.25) is 4.98 Å². The van der Waals surface area contributed by atoms with E-state index in [9.17, 15) is 0 Å². The third-order valence-electron chi connectivity index (χ3n) is 7.08. The van der Waals surface area contributed by atoms with E-state index in [0.717, 1.165) is 49.1 Å². The summed E-state index contributed by atoms with van der Waals surface area (Å²) >= 11 is 3.38. The van der Waals surface area contributed by atoms with Crippen LogP contribution in [-0.4, -0.2) is 19.5 Å². The number of nitrogens with zero attached hydrogens (tertiary/aromatic N) is 4. The number of rotatable bonds is 4. The highest BCUT2D eigenvalue weighted by atomic mass is 32.1. The normalized spacial score (nSPS) is 11.6. The van der Waals surface area contributed by atoms with Crippen LogP contribution in [0.4, 0.5) is 0 Å². The summed E-state index contributed by atoms with van der Waals surface area (Å²) in [5.41, 5.74) is 8.65. The molecular formula is C33H20N4S2. The molecule has 8 rings (SSSR count). The van der Waals surface area contributed by atoms with Gasteiger partial charge in [-0.15, -0.1) is 22.7 Å². The third-order valence-corrected chi connectivity index (χ3v) is 8.97. The van der Waals surface area contributed by atoms with Crippen LogP contribution in [-0.2, 0) is 0 Å². The quantitative estimate of drug-likeness (QED) is 0.225. The maximum atomic E-state index is 4.94. The van der Waals surface area contributed by atoms with Gasteiger partial charge in [0.25, 0.3) is 0 Å². The van der Waals surface area contributed by atoms with Crippen LogP contribution in [0.15, 0.2) is 121 Å². The van der Waals surface area contributed by atoms with Gasteiger partial charge in [-0.2, -0.15) is 0 Å². The van der Waals surface area contributed by atoms with E-state index in [2.05, 4.69) is 94.5 Å². The first-order valence-corrected chi connectivity index (χ1v) is 14.4. The van der Waals surface area contributed by atoms with Gasteiger partial charge >= 0.3 is 0 Å². The fraction of sp³-hybridized carbons (Fsp3) is 0. The van der Waals surface area contributed by atoms with E-state index in [1.807, 2.05) is 36.0 Å². The number of thiazole rings is 2. The smallest absolute Gasteiger partial charge is 0.124 e. The maximum absolute atomic E-state index is 4.94. The van der Waals surface area contributed by atoms with E-state index in [-0.39, 0.29) is 0 Å². The molecule has 0 atom stereocenters. The molecule has 4 aromatic heterocycles. The number of hydrogen-bond donors (Lipinski definition) is 0. The molecule has 0 bridgehead atoms. The molecule has 0 unspecified atom stereocenters. The van der Waals surface area contributed by atoms with Crippen LogP contribution in [0.5, 0.6) is 0 Å². The summed E-state index contributed by atoms with van der Waals surface area (Å²) in [5.74, 6) is 0. The molecule has 0 saturated carbocycles. The average Bonchev–Trinajstić information content (AvgIpc) is 3.75. The molecular weight excluding hydrogens is 517 g/mol. The molecule has 0 amide bonds. The Morgan fingerprint density at radius 3 is 2.36 bits per heavy atom. The highest BCUT2D eigenvalue weighted by molar-refractivity contribution is 7.21. The van der Waals surface area contributed by atoms with Crippen molar-refractivity contribution in [2.45, 2.75) is 0 Å². The Morgan fingerprint density at radius 2 is 1.49 bits per heavy atom. The van der Waals surface area contributed by atoms with Gasteiger partial charge in [0.2, 0.25) is 0 Å². The van der Waals surface area contributed by atoms with Crippen molar-refractivity contribution in [1.29, 1.82) is 0 Å².